The minimum Gasteiger partial charge on any atom is -0.355 e. The molecule has 1 aliphatic rings. The summed E-state index contributed by atoms with van der Waals surface area (Å²) in [5, 5.41) is 2.83. The molecule has 0 heterocycles. The Bertz CT molecular complexity index is 401. The standard InChI is InChI=1S/C15H30N2O3S/c1-3-4-11-15(18)16-12-13-17(21(2,19)20)14-9-7-5-6-8-10-14/h14H,3-13H2,1-2H3,(H,16,18). The Hall–Kier alpha value is -0.620. The van der Waals surface area contributed by atoms with E-state index in [1.807, 2.05) is 6.92 Å². The van der Waals surface area contributed by atoms with Crippen molar-refractivity contribution < 1.29 is 13.2 Å². The van der Waals surface area contributed by atoms with Crippen LogP contribution >= 0.6 is 0 Å². The predicted molar refractivity (Wildman–Crippen MR) is 85.6 cm³/mol. The number of nitrogens with one attached hydrogen (secondary N) is 1. The molecular weight excluding hydrogens is 288 g/mol. The molecule has 1 amide bonds. The van der Waals surface area contributed by atoms with Crippen LogP contribution in [0.25, 0.3) is 0 Å². The molecule has 0 aromatic rings. The van der Waals surface area contributed by atoms with Crippen molar-refractivity contribution in [3.05, 3.63) is 0 Å². The zero-order chi connectivity index (χ0) is 15.7. The maximum atomic E-state index is 12.0. The highest BCUT2D eigenvalue weighted by molar-refractivity contribution is 7.88. The van der Waals surface area contributed by atoms with Crippen molar-refractivity contribution in [2.75, 3.05) is 19.3 Å². The van der Waals surface area contributed by atoms with Gasteiger partial charge in [-0.15, -0.1) is 0 Å². The zero-order valence-electron chi connectivity index (χ0n) is 13.4. The normalized spacial score (nSPS) is 17.7. The van der Waals surface area contributed by atoms with Gasteiger partial charge in [0.1, 0.15) is 0 Å². The molecule has 0 aromatic carbocycles. The molecule has 21 heavy (non-hydrogen) atoms. The Morgan fingerprint density at radius 2 is 1.81 bits per heavy atom. The van der Waals surface area contributed by atoms with Crippen molar-refractivity contribution >= 4 is 15.9 Å². The predicted octanol–water partition coefficient (Wildman–Crippen LogP) is 2.28. The highest BCUT2D eigenvalue weighted by atomic mass is 32.2. The number of carbonyl (C=O) groups excluding carboxylic acids is 1. The van der Waals surface area contributed by atoms with Crippen LogP contribution in [0.3, 0.4) is 0 Å². The van der Waals surface area contributed by atoms with Gasteiger partial charge >= 0.3 is 0 Å². The Labute approximate surface area is 129 Å². The van der Waals surface area contributed by atoms with E-state index >= 15 is 0 Å². The summed E-state index contributed by atoms with van der Waals surface area (Å²) < 4.78 is 25.6. The van der Waals surface area contributed by atoms with Gasteiger partial charge < -0.3 is 5.32 Å². The van der Waals surface area contributed by atoms with E-state index < -0.39 is 10.0 Å². The lowest BCUT2D eigenvalue weighted by atomic mass is 10.1. The largest absolute Gasteiger partial charge is 0.355 e. The summed E-state index contributed by atoms with van der Waals surface area (Å²) >= 11 is 0. The molecule has 6 heteroatoms. The summed E-state index contributed by atoms with van der Waals surface area (Å²) in [5.41, 5.74) is 0. The van der Waals surface area contributed by atoms with Gasteiger partial charge in [-0.05, 0) is 19.3 Å². The SMILES string of the molecule is CCCCC(=O)NCCN(C1CCCCCC1)S(C)(=O)=O. The highest BCUT2D eigenvalue weighted by Gasteiger charge is 2.26. The molecule has 5 nitrogen and oxygen atoms in total. The first-order valence-electron chi connectivity index (χ1n) is 8.18. The number of carbonyl (C=O) groups is 1. The third-order valence-corrected chi connectivity index (χ3v) is 5.40. The molecule has 1 N–H and O–H groups in total. The number of nitrogens with zero attached hydrogens (tertiary/aromatic N) is 1. The lowest BCUT2D eigenvalue weighted by molar-refractivity contribution is -0.121. The number of hydrogen-bond acceptors (Lipinski definition) is 3. The van der Waals surface area contributed by atoms with Gasteiger partial charge in [-0.3, -0.25) is 4.79 Å². The second-order valence-electron chi connectivity index (χ2n) is 5.97. The van der Waals surface area contributed by atoms with Gasteiger partial charge in [0, 0.05) is 25.6 Å². The quantitative estimate of drug-likeness (QED) is 0.698. The Kier molecular flexibility index (Phi) is 8.26. The molecular formula is C15H30N2O3S. The van der Waals surface area contributed by atoms with Crippen molar-refractivity contribution in [1.29, 1.82) is 0 Å². The van der Waals surface area contributed by atoms with Crippen LogP contribution in [0.5, 0.6) is 0 Å². The average molecular weight is 318 g/mol. The monoisotopic (exact) mass is 318 g/mol. The van der Waals surface area contributed by atoms with Crippen molar-refractivity contribution in [3.63, 3.8) is 0 Å². The second-order valence-corrected chi connectivity index (χ2v) is 7.91. The van der Waals surface area contributed by atoms with Crippen LogP contribution < -0.4 is 5.32 Å². The molecule has 0 aliphatic heterocycles. The van der Waals surface area contributed by atoms with Crippen LogP contribution in [-0.2, 0) is 14.8 Å². The third-order valence-electron chi connectivity index (χ3n) is 4.07. The summed E-state index contributed by atoms with van der Waals surface area (Å²) in [6.07, 6.45) is 10.1. The van der Waals surface area contributed by atoms with Crippen molar-refractivity contribution in [3.8, 4) is 0 Å². The Morgan fingerprint density at radius 3 is 2.33 bits per heavy atom. The van der Waals surface area contributed by atoms with Gasteiger partial charge in [0.05, 0.1) is 6.26 Å². The summed E-state index contributed by atoms with van der Waals surface area (Å²) in [6.45, 7) is 2.85. The molecule has 0 atom stereocenters. The van der Waals surface area contributed by atoms with Gasteiger partial charge in [0.2, 0.25) is 15.9 Å². The fraction of sp³-hybridized carbons (Fsp3) is 0.933. The van der Waals surface area contributed by atoms with Crippen LogP contribution in [0.1, 0.15) is 64.7 Å². The van der Waals surface area contributed by atoms with Crippen LogP contribution in [0, 0.1) is 0 Å². The van der Waals surface area contributed by atoms with Crippen molar-refractivity contribution in [1.82, 2.24) is 9.62 Å². The number of hydrogen-bond donors (Lipinski definition) is 1. The average Bonchev–Trinajstić information content (AvgIpc) is 2.68. The topological polar surface area (TPSA) is 66.5 Å². The highest BCUT2D eigenvalue weighted by Crippen LogP contribution is 2.23. The van der Waals surface area contributed by atoms with E-state index in [4.69, 9.17) is 0 Å². The molecule has 0 unspecified atom stereocenters. The number of sulfonamides is 1. The molecule has 0 spiro atoms. The van der Waals surface area contributed by atoms with E-state index in [1.54, 1.807) is 4.31 Å². The van der Waals surface area contributed by atoms with Crippen LogP contribution in [0.2, 0.25) is 0 Å². The smallest absolute Gasteiger partial charge is 0.220 e. The minimum atomic E-state index is -3.21. The fourth-order valence-electron chi connectivity index (χ4n) is 2.90. The number of rotatable bonds is 8. The first-order chi connectivity index (χ1) is 9.95. The molecule has 0 saturated heterocycles. The van der Waals surface area contributed by atoms with E-state index in [1.165, 1.54) is 19.1 Å². The summed E-state index contributed by atoms with van der Waals surface area (Å²) in [7, 11) is -3.21. The maximum absolute atomic E-state index is 12.0. The Balaban J connectivity index is 2.49. The maximum Gasteiger partial charge on any atom is 0.220 e. The van der Waals surface area contributed by atoms with Gasteiger partial charge in [-0.2, -0.15) is 4.31 Å². The lowest BCUT2D eigenvalue weighted by Crippen LogP contribution is -2.44. The molecule has 1 aliphatic carbocycles. The third kappa shape index (κ3) is 7.27. The van der Waals surface area contributed by atoms with Crippen molar-refractivity contribution in [2.45, 2.75) is 70.8 Å². The molecule has 1 fully saturated rings. The Morgan fingerprint density at radius 1 is 1.19 bits per heavy atom. The molecule has 0 radical (unpaired) electrons. The van der Waals surface area contributed by atoms with E-state index in [2.05, 4.69) is 5.32 Å². The molecule has 0 aromatic heterocycles. The van der Waals surface area contributed by atoms with Gasteiger partial charge in [0.25, 0.3) is 0 Å². The van der Waals surface area contributed by atoms with Gasteiger partial charge in [-0.25, -0.2) is 8.42 Å². The molecule has 0 bridgehead atoms. The zero-order valence-corrected chi connectivity index (χ0v) is 14.3. The van der Waals surface area contributed by atoms with E-state index in [0.717, 1.165) is 38.5 Å². The summed E-state index contributed by atoms with van der Waals surface area (Å²) in [4.78, 5) is 11.6. The first-order valence-corrected chi connectivity index (χ1v) is 10.0. The van der Waals surface area contributed by atoms with Gasteiger partial charge in [0.15, 0.2) is 0 Å². The molecule has 124 valence electrons. The summed E-state index contributed by atoms with van der Waals surface area (Å²) in [5.74, 6) is 0.0196. The lowest BCUT2D eigenvalue weighted by Gasteiger charge is -2.29. The van der Waals surface area contributed by atoms with Gasteiger partial charge in [-0.1, -0.05) is 39.0 Å². The minimum absolute atomic E-state index is 0.0196. The summed E-state index contributed by atoms with van der Waals surface area (Å²) in [6, 6.07) is 0.107. The fourth-order valence-corrected chi connectivity index (χ4v) is 4.07. The van der Waals surface area contributed by atoms with E-state index in [-0.39, 0.29) is 11.9 Å². The van der Waals surface area contributed by atoms with Crippen LogP contribution in [0.15, 0.2) is 0 Å². The number of amides is 1. The van der Waals surface area contributed by atoms with Crippen LogP contribution in [-0.4, -0.2) is 44.0 Å². The van der Waals surface area contributed by atoms with Crippen molar-refractivity contribution in [2.24, 2.45) is 0 Å². The molecule has 1 saturated carbocycles. The second kappa shape index (κ2) is 9.41. The van der Waals surface area contributed by atoms with E-state index in [0.29, 0.717) is 19.5 Å². The van der Waals surface area contributed by atoms with Crippen LogP contribution in [0.4, 0.5) is 0 Å². The van der Waals surface area contributed by atoms with E-state index in [9.17, 15) is 13.2 Å². The molecule has 1 rings (SSSR count). The first kappa shape index (κ1) is 18.4. The number of unbranched alkanes of at least 4 members (excludes halogenated alkanes) is 1.